The van der Waals surface area contributed by atoms with Gasteiger partial charge in [-0.2, -0.15) is 0 Å². The average molecular weight is 407 g/mol. The zero-order valence-corrected chi connectivity index (χ0v) is 18.7. The predicted molar refractivity (Wildman–Crippen MR) is 119 cm³/mol. The fraction of sp³-hybridized carbons (Fsp3) is 0.773. The van der Waals surface area contributed by atoms with Crippen LogP contribution in [-0.2, 0) is 4.74 Å². The molecule has 2 saturated heterocycles. The van der Waals surface area contributed by atoms with Crippen molar-refractivity contribution in [3.8, 4) is 0 Å². The lowest BCUT2D eigenvalue weighted by atomic mass is 9.96. The summed E-state index contributed by atoms with van der Waals surface area (Å²) in [6.07, 6.45) is 6.24. The van der Waals surface area contributed by atoms with Gasteiger partial charge in [-0.05, 0) is 68.5 Å². The molecule has 0 aromatic carbocycles. The Hall–Kier alpha value is -1.11. The summed E-state index contributed by atoms with van der Waals surface area (Å²) in [7, 11) is 4.06. The highest BCUT2D eigenvalue weighted by molar-refractivity contribution is 7.10. The van der Waals surface area contributed by atoms with Crippen molar-refractivity contribution in [3.05, 3.63) is 22.4 Å². The van der Waals surface area contributed by atoms with Crippen LogP contribution in [0.25, 0.3) is 0 Å². The van der Waals surface area contributed by atoms with E-state index in [1.54, 1.807) is 0 Å². The number of guanidine groups is 1. The van der Waals surface area contributed by atoms with Crippen LogP contribution in [0.2, 0.25) is 0 Å². The smallest absolute Gasteiger partial charge is 0.193 e. The molecule has 5 nitrogen and oxygen atoms in total. The SMILES string of the molecule is CN=C(NCC(c1cccs1)N1CCC(C)CC1)N(C)CCC1CCOCC1. The van der Waals surface area contributed by atoms with Gasteiger partial charge < -0.3 is 15.0 Å². The van der Waals surface area contributed by atoms with Crippen LogP contribution >= 0.6 is 11.3 Å². The maximum atomic E-state index is 5.49. The van der Waals surface area contributed by atoms with Crippen molar-refractivity contribution in [2.24, 2.45) is 16.8 Å². The van der Waals surface area contributed by atoms with E-state index in [-0.39, 0.29) is 0 Å². The Labute approximate surface area is 175 Å². The number of rotatable bonds is 7. The molecule has 6 heteroatoms. The second kappa shape index (κ2) is 11.2. The Morgan fingerprint density at radius 2 is 2.07 bits per heavy atom. The molecular weight excluding hydrogens is 368 g/mol. The minimum absolute atomic E-state index is 0.438. The van der Waals surface area contributed by atoms with Crippen molar-refractivity contribution in [1.29, 1.82) is 0 Å². The molecule has 1 N–H and O–H groups in total. The van der Waals surface area contributed by atoms with Gasteiger partial charge in [-0.3, -0.25) is 9.89 Å². The number of nitrogens with one attached hydrogen (secondary N) is 1. The maximum absolute atomic E-state index is 5.49. The Morgan fingerprint density at radius 3 is 2.71 bits per heavy atom. The molecule has 1 atom stereocenters. The summed E-state index contributed by atoms with van der Waals surface area (Å²) in [5.41, 5.74) is 0. The molecule has 1 aromatic heterocycles. The monoisotopic (exact) mass is 406 g/mol. The van der Waals surface area contributed by atoms with Crippen molar-refractivity contribution in [2.45, 2.75) is 45.1 Å². The molecule has 1 unspecified atom stereocenters. The molecule has 0 aliphatic carbocycles. The quantitative estimate of drug-likeness (QED) is 0.552. The van der Waals surface area contributed by atoms with E-state index in [0.717, 1.165) is 44.1 Å². The number of hydrogen-bond donors (Lipinski definition) is 1. The predicted octanol–water partition coefficient (Wildman–Crippen LogP) is 3.85. The number of ether oxygens (including phenoxy) is 1. The molecule has 2 fully saturated rings. The van der Waals surface area contributed by atoms with Gasteiger partial charge in [0.15, 0.2) is 5.96 Å². The topological polar surface area (TPSA) is 40.1 Å². The molecule has 1 aromatic rings. The lowest BCUT2D eigenvalue weighted by Crippen LogP contribution is -2.45. The number of nitrogens with zero attached hydrogens (tertiary/aromatic N) is 3. The molecule has 0 radical (unpaired) electrons. The molecule has 28 heavy (non-hydrogen) atoms. The third-order valence-electron chi connectivity index (χ3n) is 6.37. The highest BCUT2D eigenvalue weighted by atomic mass is 32.1. The van der Waals surface area contributed by atoms with Gasteiger partial charge >= 0.3 is 0 Å². The summed E-state index contributed by atoms with van der Waals surface area (Å²) in [6.45, 7) is 8.60. The van der Waals surface area contributed by atoms with Crippen molar-refractivity contribution in [3.63, 3.8) is 0 Å². The molecule has 2 aliphatic rings. The number of hydrogen-bond acceptors (Lipinski definition) is 4. The summed E-state index contributed by atoms with van der Waals surface area (Å²) in [5.74, 6) is 2.67. The number of thiophene rings is 1. The summed E-state index contributed by atoms with van der Waals surface area (Å²) < 4.78 is 5.49. The molecule has 0 bridgehead atoms. The van der Waals surface area contributed by atoms with Gasteiger partial charge in [0.2, 0.25) is 0 Å². The van der Waals surface area contributed by atoms with E-state index in [1.807, 2.05) is 18.4 Å². The molecule has 3 heterocycles. The van der Waals surface area contributed by atoms with Crippen molar-refractivity contribution >= 4 is 17.3 Å². The van der Waals surface area contributed by atoms with Gasteiger partial charge in [0.05, 0.1) is 6.04 Å². The zero-order valence-electron chi connectivity index (χ0n) is 17.9. The Kier molecular flexibility index (Phi) is 8.62. The second-order valence-electron chi connectivity index (χ2n) is 8.44. The van der Waals surface area contributed by atoms with Gasteiger partial charge in [-0.1, -0.05) is 13.0 Å². The summed E-state index contributed by atoms with van der Waals surface area (Å²) in [5, 5.41) is 5.87. The van der Waals surface area contributed by atoms with Crippen LogP contribution in [0, 0.1) is 11.8 Å². The second-order valence-corrected chi connectivity index (χ2v) is 9.42. The van der Waals surface area contributed by atoms with Crippen LogP contribution in [0.15, 0.2) is 22.5 Å². The van der Waals surface area contributed by atoms with E-state index in [0.29, 0.717) is 6.04 Å². The van der Waals surface area contributed by atoms with Gasteiger partial charge in [-0.25, -0.2) is 0 Å². The Morgan fingerprint density at radius 1 is 1.32 bits per heavy atom. The molecular formula is C22H38N4OS. The summed E-state index contributed by atoms with van der Waals surface area (Å²) >= 11 is 1.88. The van der Waals surface area contributed by atoms with Crippen molar-refractivity contribution in [1.82, 2.24) is 15.1 Å². The van der Waals surface area contributed by atoms with Gasteiger partial charge in [-0.15, -0.1) is 11.3 Å². The normalized spacial score (nSPS) is 21.6. The van der Waals surface area contributed by atoms with E-state index in [9.17, 15) is 0 Å². The molecule has 3 rings (SSSR count). The van der Waals surface area contributed by atoms with Gasteiger partial charge in [0.25, 0.3) is 0 Å². The van der Waals surface area contributed by atoms with Crippen molar-refractivity contribution < 1.29 is 4.74 Å². The minimum atomic E-state index is 0.438. The lowest BCUT2D eigenvalue weighted by molar-refractivity contribution is 0.0625. The summed E-state index contributed by atoms with van der Waals surface area (Å²) in [6, 6.07) is 4.90. The number of piperidine rings is 1. The van der Waals surface area contributed by atoms with Crippen LogP contribution in [0.5, 0.6) is 0 Å². The average Bonchev–Trinajstić information content (AvgIpc) is 3.26. The van der Waals surface area contributed by atoms with Crippen LogP contribution < -0.4 is 5.32 Å². The summed E-state index contributed by atoms with van der Waals surface area (Å²) in [4.78, 5) is 11.0. The Bertz CT molecular complexity index is 577. The number of likely N-dealkylation sites (tertiary alicyclic amines) is 1. The fourth-order valence-corrected chi connectivity index (χ4v) is 5.18. The van der Waals surface area contributed by atoms with Crippen molar-refractivity contribution in [2.75, 3.05) is 53.5 Å². The van der Waals surface area contributed by atoms with Crippen LogP contribution in [-0.4, -0.2) is 69.2 Å². The van der Waals surface area contributed by atoms with E-state index in [1.165, 1.54) is 50.1 Å². The highest BCUT2D eigenvalue weighted by Gasteiger charge is 2.26. The molecule has 158 valence electrons. The lowest BCUT2D eigenvalue weighted by Gasteiger charge is -2.37. The van der Waals surface area contributed by atoms with Crippen LogP contribution in [0.3, 0.4) is 0 Å². The van der Waals surface area contributed by atoms with E-state index in [4.69, 9.17) is 4.74 Å². The first-order valence-corrected chi connectivity index (χ1v) is 11.8. The molecule has 0 spiro atoms. The Balaban J connectivity index is 1.53. The third-order valence-corrected chi connectivity index (χ3v) is 7.34. The highest BCUT2D eigenvalue weighted by Crippen LogP contribution is 2.29. The van der Waals surface area contributed by atoms with E-state index < -0.39 is 0 Å². The fourth-order valence-electron chi connectivity index (χ4n) is 4.32. The molecule has 0 saturated carbocycles. The number of aliphatic imine (C=N–C) groups is 1. The molecule has 0 amide bonds. The first kappa shape index (κ1) is 21.6. The third kappa shape index (κ3) is 6.19. The van der Waals surface area contributed by atoms with E-state index in [2.05, 4.69) is 51.6 Å². The maximum Gasteiger partial charge on any atom is 0.193 e. The van der Waals surface area contributed by atoms with Crippen LogP contribution in [0.4, 0.5) is 0 Å². The molecule has 2 aliphatic heterocycles. The standard InChI is InChI=1S/C22H38N4OS/c1-18-6-12-26(13-7-18)20(21-5-4-16-28-21)17-24-22(23-2)25(3)11-8-19-9-14-27-15-10-19/h4-5,16,18-20H,6-15,17H2,1-3H3,(H,23,24). The van der Waals surface area contributed by atoms with Crippen LogP contribution in [0.1, 0.15) is 49.9 Å². The van der Waals surface area contributed by atoms with Gasteiger partial charge in [0, 0.05) is 45.3 Å². The first-order chi connectivity index (χ1) is 13.7. The first-order valence-electron chi connectivity index (χ1n) is 10.9. The van der Waals surface area contributed by atoms with E-state index >= 15 is 0 Å². The zero-order chi connectivity index (χ0) is 19.8. The minimum Gasteiger partial charge on any atom is -0.381 e. The largest absolute Gasteiger partial charge is 0.381 e. The van der Waals surface area contributed by atoms with Gasteiger partial charge in [0.1, 0.15) is 0 Å².